The molecule has 0 aliphatic carbocycles. The SMILES string of the molecule is NC1=N[N+]2(CCSCC2)CC1.O.[Cl-]. The van der Waals surface area contributed by atoms with Crippen LogP contribution in [0.5, 0.6) is 0 Å². The smallest absolute Gasteiger partial charge is 0.161 e. The van der Waals surface area contributed by atoms with Gasteiger partial charge in [-0.3, -0.25) is 0 Å². The fourth-order valence-electron chi connectivity index (χ4n) is 1.70. The molecule has 0 saturated carbocycles. The fraction of sp³-hybridized carbons (Fsp3) is 0.857. The van der Waals surface area contributed by atoms with Gasteiger partial charge in [0.2, 0.25) is 0 Å². The molecule has 2 heterocycles. The fourth-order valence-corrected chi connectivity index (χ4v) is 2.84. The number of halogens is 1. The number of quaternary nitrogens is 1. The van der Waals surface area contributed by atoms with Crippen LogP contribution < -0.4 is 18.1 Å². The molecular formula is C7H16ClN3OS. The summed E-state index contributed by atoms with van der Waals surface area (Å²) in [4.78, 5) is 0. The van der Waals surface area contributed by atoms with E-state index >= 15 is 0 Å². The number of hydrogen-bond acceptors (Lipinski definition) is 3. The van der Waals surface area contributed by atoms with Crippen molar-refractivity contribution in [1.29, 1.82) is 0 Å². The number of rotatable bonds is 0. The van der Waals surface area contributed by atoms with Gasteiger partial charge in [0.1, 0.15) is 19.6 Å². The predicted molar refractivity (Wildman–Crippen MR) is 52.0 cm³/mol. The van der Waals surface area contributed by atoms with Crippen LogP contribution in [-0.4, -0.2) is 47.0 Å². The summed E-state index contributed by atoms with van der Waals surface area (Å²) in [6.45, 7) is 3.52. The molecule has 0 amide bonds. The molecule has 78 valence electrons. The maximum atomic E-state index is 5.67. The molecule has 0 atom stereocenters. The first-order valence-corrected chi connectivity index (χ1v) is 5.25. The first-order valence-electron chi connectivity index (χ1n) is 4.09. The van der Waals surface area contributed by atoms with E-state index in [0.29, 0.717) is 0 Å². The Balaban J connectivity index is 0.000000720. The largest absolute Gasteiger partial charge is 1.00 e. The third-order valence-electron chi connectivity index (χ3n) is 2.43. The summed E-state index contributed by atoms with van der Waals surface area (Å²) in [5.74, 6) is 3.35. The second-order valence-electron chi connectivity index (χ2n) is 3.22. The van der Waals surface area contributed by atoms with Gasteiger partial charge in [-0.15, -0.1) is 0 Å². The molecule has 0 aromatic heterocycles. The highest BCUT2D eigenvalue weighted by Gasteiger charge is 2.35. The highest BCUT2D eigenvalue weighted by molar-refractivity contribution is 7.99. The van der Waals surface area contributed by atoms with E-state index in [2.05, 4.69) is 5.10 Å². The molecule has 13 heavy (non-hydrogen) atoms. The number of nitrogens with zero attached hydrogens (tertiary/aromatic N) is 2. The van der Waals surface area contributed by atoms with Gasteiger partial charge in [-0.2, -0.15) is 16.4 Å². The standard InChI is InChI=1S/C7H14N3S.ClH.H2O/c8-7-1-2-10(9-7)3-5-11-6-4-10;;/h1-6H2,(H2,8,9);1H;1H2/q+1;;/p-1. The van der Waals surface area contributed by atoms with Crippen molar-refractivity contribution in [3.05, 3.63) is 0 Å². The van der Waals surface area contributed by atoms with E-state index in [9.17, 15) is 0 Å². The summed E-state index contributed by atoms with van der Waals surface area (Å²) in [5.41, 5.74) is 5.67. The molecule has 1 fully saturated rings. The molecule has 4 nitrogen and oxygen atoms in total. The van der Waals surface area contributed by atoms with Crippen LogP contribution in [0, 0.1) is 0 Å². The molecule has 2 aliphatic rings. The maximum absolute atomic E-state index is 5.67. The van der Waals surface area contributed by atoms with E-state index in [0.717, 1.165) is 23.4 Å². The van der Waals surface area contributed by atoms with Crippen molar-refractivity contribution in [1.82, 2.24) is 0 Å². The Hall–Kier alpha value is 0.0300. The minimum absolute atomic E-state index is 0. The van der Waals surface area contributed by atoms with E-state index in [4.69, 9.17) is 5.73 Å². The summed E-state index contributed by atoms with van der Waals surface area (Å²) in [6, 6.07) is 0. The molecule has 0 bridgehead atoms. The van der Waals surface area contributed by atoms with Crippen LogP contribution in [0.1, 0.15) is 6.42 Å². The number of amidine groups is 1. The topological polar surface area (TPSA) is 69.9 Å². The van der Waals surface area contributed by atoms with Gasteiger partial charge in [-0.05, 0) is 0 Å². The van der Waals surface area contributed by atoms with Crippen molar-refractivity contribution in [3.8, 4) is 0 Å². The van der Waals surface area contributed by atoms with Crippen molar-refractivity contribution >= 4 is 17.6 Å². The Morgan fingerprint density at radius 3 is 2.31 bits per heavy atom. The summed E-state index contributed by atoms with van der Waals surface area (Å²) in [5, 5.41) is 4.50. The van der Waals surface area contributed by atoms with E-state index in [1.54, 1.807) is 0 Å². The van der Waals surface area contributed by atoms with Gasteiger partial charge in [0.15, 0.2) is 5.84 Å². The minimum atomic E-state index is 0. The van der Waals surface area contributed by atoms with Gasteiger partial charge in [0, 0.05) is 11.5 Å². The van der Waals surface area contributed by atoms with Crippen LogP contribution in [0.25, 0.3) is 0 Å². The third-order valence-corrected chi connectivity index (χ3v) is 3.37. The van der Waals surface area contributed by atoms with Gasteiger partial charge in [0.25, 0.3) is 0 Å². The number of hydrogen-bond donors (Lipinski definition) is 1. The summed E-state index contributed by atoms with van der Waals surface area (Å²) < 4.78 is 0.929. The molecular weight excluding hydrogens is 210 g/mol. The second-order valence-corrected chi connectivity index (χ2v) is 4.44. The second kappa shape index (κ2) is 5.05. The zero-order chi connectivity index (χ0) is 7.73. The first-order chi connectivity index (χ1) is 5.31. The van der Waals surface area contributed by atoms with Crippen LogP contribution in [0.4, 0.5) is 0 Å². The Kier molecular flexibility index (Phi) is 5.06. The van der Waals surface area contributed by atoms with Gasteiger partial charge in [-0.25, -0.2) is 0 Å². The maximum Gasteiger partial charge on any atom is 0.161 e. The van der Waals surface area contributed by atoms with E-state index in [1.165, 1.54) is 24.6 Å². The minimum Gasteiger partial charge on any atom is -1.00 e. The molecule has 2 rings (SSSR count). The van der Waals surface area contributed by atoms with Crippen molar-refractivity contribution in [2.75, 3.05) is 31.1 Å². The van der Waals surface area contributed by atoms with Crippen LogP contribution in [0.15, 0.2) is 5.10 Å². The van der Waals surface area contributed by atoms with Crippen LogP contribution in [0.2, 0.25) is 0 Å². The molecule has 4 N–H and O–H groups in total. The third kappa shape index (κ3) is 2.74. The lowest BCUT2D eigenvalue weighted by Crippen LogP contribution is -3.00. The normalized spacial score (nSPS) is 24.5. The Morgan fingerprint density at radius 1 is 1.23 bits per heavy atom. The lowest BCUT2D eigenvalue weighted by atomic mass is 10.4. The molecule has 0 radical (unpaired) electrons. The van der Waals surface area contributed by atoms with E-state index in [1.807, 2.05) is 11.8 Å². The van der Waals surface area contributed by atoms with Crippen molar-refractivity contribution in [3.63, 3.8) is 0 Å². The molecule has 0 aromatic carbocycles. The zero-order valence-corrected chi connectivity index (χ0v) is 9.07. The summed E-state index contributed by atoms with van der Waals surface area (Å²) in [7, 11) is 0. The van der Waals surface area contributed by atoms with Crippen molar-refractivity contribution in [2.24, 2.45) is 10.8 Å². The molecule has 2 aliphatic heterocycles. The first kappa shape index (κ1) is 13.0. The predicted octanol–water partition coefficient (Wildman–Crippen LogP) is -3.59. The highest BCUT2D eigenvalue weighted by Crippen LogP contribution is 2.23. The van der Waals surface area contributed by atoms with E-state index < -0.39 is 0 Å². The van der Waals surface area contributed by atoms with Gasteiger partial charge >= 0.3 is 0 Å². The Morgan fingerprint density at radius 2 is 1.85 bits per heavy atom. The monoisotopic (exact) mass is 225 g/mol. The molecule has 0 unspecified atom stereocenters. The van der Waals surface area contributed by atoms with Crippen LogP contribution in [-0.2, 0) is 0 Å². The van der Waals surface area contributed by atoms with Gasteiger partial charge in [0.05, 0.1) is 6.42 Å². The number of nitrogens with two attached hydrogens (primary N) is 1. The molecule has 0 aromatic rings. The quantitative estimate of drug-likeness (QED) is 0.433. The average Bonchev–Trinajstić information content (AvgIpc) is 2.34. The molecule has 1 spiro atoms. The van der Waals surface area contributed by atoms with Gasteiger partial charge < -0.3 is 23.6 Å². The van der Waals surface area contributed by atoms with Crippen molar-refractivity contribution in [2.45, 2.75) is 6.42 Å². The lowest BCUT2D eigenvalue weighted by Gasteiger charge is -2.31. The van der Waals surface area contributed by atoms with E-state index in [-0.39, 0.29) is 17.9 Å². The molecule has 1 saturated heterocycles. The summed E-state index contributed by atoms with van der Waals surface area (Å²) >= 11 is 2.03. The Labute approximate surface area is 88.8 Å². The average molecular weight is 226 g/mol. The number of thioether (sulfide) groups is 1. The Bertz CT molecular complexity index is 194. The van der Waals surface area contributed by atoms with Gasteiger partial charge in [-0.1, -0.05) is 5.10 Å². The van der Waals surface area contributed by atoms with Crippen molar-refractivity contribution < 1.29 is 22.5 Å². The highest BCUT2D eigenvalue weighted by atomic mass is 35.5. The zero-order valence-electron chi connectivity index (χ0n) is 7.50. The van der Waals surface area contributed by atoms with Crippen LogP contribution >= 0.6 is 11.8 Å². The lowest BCUT2D eigenvalue weighted by molar-refractivity contribution is -0.925. The molecule has 6 heteroatoms. The van der Waals surface area contributed by atoms with Crippen LogP contribution in [0.3, 0.4) is 0 Å². The summed E-state index contributed by atoms with van der Waals surface area (Å²) in [6.07, 6.45) is 1.00.